The second kappa shape index (κ2) is 8.96. The van der Waals surface area contributed by atoms with Crippen molar-refractivity contribution in [3.63, 3.8) is 0 Å². The van der Waals surface area contributed by atoms with Crippen LogP contribution in [-0.2, 0) is 14.8 Å². The maximum Gasteiger partial charge on any atom is 0.243 e. The third kappa shape index (κ3) is 4.22. The topological polar surface area (TPSA) is 79.4 Å². The van der Waals surface area contributed by atoms with Crippen molar-refractivity contribution in [3.05, 3.63) is 65.2 Å². The minimum atomic E-state index is -3.68. The molecule has 0 bridgehead atoms. The average molecular weight is 496 g/mol. The highest BCUT2D eigenvalue weighted by atomic mass is 32.2. The lowest BCUT2D eigenvalue weighted by atomic mass is 9.95. The molecule has 6 rings (SSSR count). The Balaban J connectivity index is 1.14. The molecule has 0 aliphatic carbocycles. The van der Waals surface area contributed by atoms with Crippen LogP contribution in [-0.4, -0.2) is 87.5 Å². The molecule has 4 aliphatic heterocycles. The van der Waals surface area contributed by atoms with Crippen LogP contribution in [0.1, 0.15) is 17.9 Å². The van der Waals surface area contributed by atoms with Gasteiger partial charge < -0.3 is 19.3 Å². The van der Waals surface area contributed by atoms with E-state index in [1.807, 2.05) is 35.2 Å². The Kier molecular flexibility index (Phi) is 5.78. The monoisotopic (exact) mass is 495 g/mol. The van der Waals surface area contributed by atoms with Crippen molar-refractivity contribution in [2.75, 3.05) is 59.0 Å². The Bertz CT molecular complexity index is 1260. The van der Waals surface area contributed by atoms with Crippen LogP contribution >= 0.6 is 0 Å². The van der Waals surface area contributed by atoms with Crippen LogP contribution in [0.2, 0.25) is 0 Å². The predicted octanol–water partition coefficient (Wildman–Crippen LogP) is 2.09. The van der Waals surface area contributed by atoms with Crippen molar-refractivity contribution in [2.45, 2.75) is 17.2 Å². The van der Waals surface area contributed by atoms with E-state index < -0.39 is 10.0 Å². The van der Waals surface area contributed by atoms with E-state index in [1.165, 1.54) is 10.7 Å². The van der Waals surface area contributed by atoms with Crippen LogP contribution in [0, 0.1) is 0 Å². The van der Waals surface area contributed by atoms with Crippen LogP contribution in [0.3, 0.4) is 0 Å². The Labute approximate surface area is 205 Å². The number of nitrogens with zero attached hydrogens (tertiary/aromatic N) is 3. The van der Waals surface area contributed by atoms with Crippen LogP contribution in [0.5, 0.6) is 11.5 Å². The molecule has 2 aromatic rings. The molecule has 0 aromatic heterocycles. The molecule has 4 aliphatic rings. The van der Waals surface area contributed by atoms with Gasteiger partial charge in [0.1, 0.15) is 13.2 Å². The zero-order valence-electron chi connectivity index (χ0n) is 19.6. The Hall–Kier alpha value is -2.88. The summed E-state index contributed by atoms with van der Waals surface area (Å²) in [7, 11) is -3.68. The molecule has 2 aromatic carbocycles. The molecule has 0 N–H and O–H groups in total. The molecule has 184 valence electrons. The summed E-state index contributed by atoms with van der Waals surface area (Å²) in [5, 5.41) is 0. The minimum absolute atomic E-state index is 0.124. The molecule has 1 saturated heterocycles. The highest BCUT2D eigenvalue weighted by Gasteiger charge is 2.40. The number of rotatable bonds is 6. The fraction of sp³-hybridized carbons (Fsp3) is 0.423. The van der Waals surface area contributed by atoms with Crippen LogP contribution in [0.4, 0.5) is 0 Å². The number of hydrogen-bond donors (Lipinski definition) is 0. The lowest BCUT2D eigenvalue weighted by Gasteiger charge is -2.35. The van der Waals surface area contributed by atoms with E-state index in [0.29, 0.717) is 50.9 Å². The molecule has 0 spiro atoms. The molecule has 1 amide bonds. The van der Waals surface area contributed by atoms with Gasteiger partial charge in [-0.1, -0.05) is 30.3 Å². The number of fused-ring (bicyclic) bond motifs is 1. The smallest absolute Gasteiger partial charge is 0.243 e. The first-order valence-corrected chi connectivity index (χ1v) is 13.6. The Morgan fingerprint density at radius 1 is 0.886 bits per heavy atom. The van der Waals surface area contributed by atoms with Gasteiger partial charge in [0.05, 0.1) is 10.8 Å². The predicted molar refractivity (Wildman–Crippen MR) is 130 cm³/mol. The summed E-state index contributed by atoms with van der Waals surface area (Å²) in [5.74, 6) is 0.952. The molecule has 35 heavy (non-hydrogen) atoms. The van der Waals surface area contributed by atoms with Crippen molar-refractivity contribution in [1.29, 1.82) is 0 Å². The highest BCUT2D eigenvalue weighted by molar-refractivity contribution is 7.89. The van der Waals surface area contributed by atoms with E-state index in [4.69, 9.17) is 9.47 Å². The van der Waals surface area contributed by atoms with E-state index >= 15 is 0 Å². The summed E-state index contributed by atoms with van der Waals surface area (Å²) in [5.41, 5.74) is 3.12. The molecule has 4 heterocycles. The lowest BCUT2D eigenvalue weighted by Crippen LogP contribution is -2.45. The standard InChI is InChI=1S/C26H29N3O5S/c30-26(23(18-27-9-4-10-27)19-5-2-1-3-6-19)28-14-20-16-29(17-21(20)15-28)35(31,32)22-7-8-24-25(13-22)34-12-11-33-24/h1-3,5-8,13,23H,4,9-12,14-18H2. The van der Waals surface area contributed by atoms with Crippen LogP contribution < -0.4 is 9.47 Å². The second-order valence-electron chi connectivity index (χ2n) is 9.60. The molecular weight excluding hydrogens is 466 g/mol. The van der Waals surface area contributed by atoms with Crippen LogP contribution in [0.15, 0.2) is 64.6 Å². The van der Waals surface area contributed by atoms with Crippen molar-refractivity contribution in [1.82, 2.24) is 14.1 Å². The zero-order valence-corrected chi connectivity index (χ0v) is 20.4. The van der Waals surface area contributed by atoms with Crippen molar-refractivity contribution >= 4 is 15.9 Å². The number of hydrogen-bond acceptors (Lipinski definition) is 6. The normalized spacial score (nSPS) is 21.1. The summed E-state index contributed by atoms with van der Waals surface area (Å²) in [6.07, 6.45) is 1.18. The molecular formula is C26H29N3O5S. The van der Waals surface area contributed by atoms with Gasteiger partial charge in [-0.05, 0) is 48.4 Å². The summed E-state index contributed by atoms with van der Waals surface area (Å²) in [4.78, 5) is 18.0. The van der Waals surface area contributed by atoms with Gasteiger partial charge in [-0.15, -0.1) is 0 Å². The number of ether oxygens (including phenoxy) is 2. The van der Waals surface area contributed by atoms with Gasteiger partial charge in [-0.25, -0.2) is 8.42 Å². The minimum Gasteiger partial charge on any atom is -0.486 e. The molecule has 9 heteroatoms. The van der Waals surface area contributed by atoms with Gasteiger partial charge in [0.25, 0.3) is 0 Å². The number of sulfonamides is 1. The molecule has 1 atom stereocenters. The molecule has 1 unspecified atom stereocenters. The van der Waals surface area contributed by atoms with Crippen LogP contribution in [0.25, 0.3) is 0 Å². The summed E-state index contributed by atoms with van der Waals surface area (Å²) < 4.78 is 39.3. The number of carbonyl (C=O) groups is 1. The maximum absolute atomic E-state index is 13.6. The van der Waals surface area contributed by atoms with Gasteiger partial charge in [-0.2, -0.15) is 4.31 Å². The molecule has 0 radical (unpaired) electrons. The first kappa shape index (κ1) is 22.6. The quantitative estimate of drug-likeness (QED) is 0.571. The van der Waals surface area contributed by atoms with Crippen molar-refractivity contribution in [3.8, 4) is 11.5 Å². The Morgan fingerprint density at radius 2 is 1.57 bits per heavy atom. The van der Waals surface area contributed by atoms with E-state index in [1.54, 1.807) is 18.2 Å². The van der Waals surface area contributed by atoms with E-state index in [9.17, 15) is 13.2 Å². The van der Waals surface area contributed by atoms with Gasteiger partial charge in [0, 0.05) is 38.8 Å². The number of likely N-dealkylation sites (tertiary alicyclic amines) is 1. The third-order valence-electron chi connectivity index (χ3n) is 7.35. The van der Waals surface area contributed by atoms with Gasteiger partial charge in [-0.3, -0.25) is 4.79 Å². The van der Waals surface area contributed by atoms with Crippen molar-refractivity contribution < 1.29 is 22.7 Å². The number of amides is 1. The van der Waals surface area contributed by atoms with Gasteiger partial charge in [0.2, 0.25) is 15.9 Å². The fourth-order valence-electron chi connectivity index (χ4n) is 5.26. The highest BCUT2D eigenvalue weighted by Crippen LogP contribution is 2.36. The number of benzene rings is 2. The first-order valence-electron chi connectivity index (χ1n) is 12.1. The summed E-state index contributed by atoms with van der Waals surface area (Å²) >= 11 is 0. The first-order chi connectivity index (χ1) is 17.0. The third-order valence-corrected chi connectivity index (χ3v) is 9.14. The summed E-state index contributed by atoms with van der Waals surface area (Å²) in [6, 6.07) is 14.8. The molecule has 8 nitrogen and oxygen atoms in total. The van der Waals surface area contributed by atoms with E-state index in [2.05, 4.69) is 4.90 Å². The SMILES string of the molecule is O=C(C(CN1CCC1)c1ccccc1)N1CC2=C(C1)CN(S(=O)(=O)c1ccc3c(c1)OCCO3)C2. The fourth-order valence-corrected chi connectivity index (χ4v) is 6.70. The summed E-state index contributed by atoms with van der Waals surface area (Å²) in [6.45, 7) is 5.29. The average Bonchev–Trinajstić information content (AvgIpc) is 3.44. The lowest BCUT2D eigenvalue weighted by molar-refractivity contribution is -0.132. The van der Waals surface area contributed by atoms with Crippen molar-refractivity contribution in [2.24, 2.45) is 0 Å². The molecule has 1 fully saturated rings. The largest absolute Gasteiger partial charge is 0.486 e. The Morgan fingerprint density at radius 3 is 2.23 bits per heavy atom. The number of carbonyl (C=O) groups excluding carboxylic acids is 1. The second-order valence-corrected chi connectivity index (χ2v) is 11.5. The zero-order chi connectivity index (χ0) is 24.0. The van der Waals surface area contributed by atoms with E-state index in [0.717, 1.165) is 36.3 Å². The van der Waals surface area contributed by atoms with Gasteiger partial charge >= 0.3 is 0 Å². The maximum atomic E-state index is 13.6. The van der Waals surface area contributed by atoms with Gasteiger partial charge in [0.15, 0.2) is 11.5 Å². The molecule has 0 saturated carbocycles. The van der Waals surface area contributed by atoms with E-state index in [-0.39, 0.29) is 16.7 Å².